The van der Waals surface area contributed by atoms with Crippen molar-refractivity contribution >= 4 is 22.8 Å². The highest BCUT2D eigenvalue weighted by molar-refractivity contribution is 6.00. The summed E-state index contributed by atoms with van der Waals surface area (Å²) in [6.45, 7) is 4.02. The van der Waals surface area contributed by atoms with Gasteiger partial charge in [0.2, 0.25) is 0 Å². The van der Waals surface area contributed by atoms with Crippen LogP contribution < -0.4 is 5.69 Å². The van der Waals surface area contributed by atoms with Gasteiger partial charge in [0.05, 0.1) is 17.5 Å². The Kier molecular flexibility index (Phi) is 3.51. The third kappa shape index (κ3) is 2.43. The molecule has 0 fully saturated rings. The maximum absolute atomic E-state index is 12.8. The van der Waals surface area contributed by atoms with Gasteiger partial charge in [-0.15, -0.1) is 0 Å². The highest BCUT2D eigenvalue weighted by atomic mass is 16.5. The number of rotatable bonds is 1. The van der Waals surface area contributed by atoms with Gasteiger partial charge >= 0.3 is 11.7 Å². The number of carbonyl (C=O) groups excluding carboxylic acids is 2. The molecule has 26 heavy (non-hydrogen) atoms. The van der Waals surface area contributed by atoms with E-state index in [0.717, 1.165) is 16.6 Å². The Morgan fingerprint density at radius 3 is 2.46 bits per heavy atom. The number of ketones is 1. The first-order valence-electron chi connectivity index (χ1n) is 8.80. The van der Waals surface area contributed by atoms with Crippen LogP contribution in [0.1, 0.15) is 44.6 Å². The van der Waals surface area contributed by atoms with Crippen LogP contribution in [0.2, 0.25) is 0 Å². The van der Waals surface area contributed by atoms with Gasteiger partial charge in [-0.05, 0) is 23.1 Å². The molecule has 1 aromatic heterocycles. The zero-order valence-corrected chi connectivity index (χ0v) is 15.5. The van der Waals surface area contributed by atoms with Crippen molar-refractivity contribution in [3.05, 3.63) is 45.6 Å². The summed E-state index contributed by atoms with van der Waals surface area (Å²) in [6, 6.07) is 5.70. The van der Waals surface area contributed by atoms with E-state index >= 15 is 0 Å². The Bertz CT molecular complexity index is 1050. The quantitative estimate of drug-likeness (QED) is 0.738. The van der Waals surface area contributed by atoms with Crippen molar-refractivity contribution in [1.82, 2.24) is 9.13 Å². The zero-order valence-electron chi connectivity index (χ0n) is 15.5. The number of aryl methyl sites for hydroxylation is 2. The molecule has 0 N–H and O–H groups in total. The lowest BCUT2D eigenvalue weighted by atomic mass is 9.71. The fourth-order valence-electron chi connectivity index (χ4n) is 4.23. The van der Waals surface area contributed by atoms with E-state index in [-0.39, 0.29) is 35.2 Å². The van der Waals surface area contributed by atoms with Gasteiger partial charge in [-0.25, -0.2) is 4.79 Å². The van der Waals surface area contributed by atoms with E-state index in [2.05, 4.69) is 0 Å². The molecular formula is C20H22N2O4. The summed E-state index contributed by atoms with van der Waals surface area (Å²) in [7, 11) is 3.46. The van der Waals surface area contributed by atoms with Crippen molar-refractivity contribution in [1.29, 1.82) is 0 Å². The monoisotopic (exact) mass is 354 g/mol. The van der Waals surface area contributed by atoms with Crippen LogP contribution in [0.4, 0.5) is 0 Å². The minimum atomic E-state index is -0.311. The molecule has 4 rings (SSSR count). The average Bonchev–Trinajstić information content (AvgIpc) is 2.76. The average molecular weight is 354 g/mol. The van der Waals surface area contributed by atoms with Gasteiger partial charge in [0.15, 0.2) is 5.78 Å². The lowest BCUT2D eigenvalue weighted by molar-refractivity contribution is -0.142. The number of ether oxygens (including phenoxy) is 1. The van der Waals surface area contributed by atoms with Crippen LogP contribution in [0, 0.1) is 5.41 Å². The van der Waals surface area contributed by atoms with E-state index in [1.807, 2.05) is 32.0 Å². The lowest BCUT2D eigenvalue weighted by Gasteiger charge is -2.36. The molecule has 2 aromatic rings. The molecule has 1 aliphatic carbocycles. The second kappa shape index (κ2) is 5.43. The molecule has 0 amide bonds. The molecule has 0 saturated heterocycles. The SMILES string of the molecule is Cn1c(=O)n(C)c2cc(C3CC(=O)OC4=C3C(=O)CC(C)(C)C4)ccc21. The van der Waals surface area contributed by atoms with Gasteiger partial charge in [-0.3, -0.25) is 18.7 Å². The maximum atomic E-state index is 12.8. The smallest absolute Gasteiger partial charge is 0.328 e. The number of allylic oxidation sites excluding steroid dienone is 2. The number of hydrogen-bond donors (Lipinski definition) is 0. The predicted molar refractivity (Wildman–Crippen MR) is 96.7 cm³/mol. The van der Waals surface area contributed by atoms with E-state index in [1.165, 1.54) is 0 Å². The summed E-state index contributed by atoms with van der Waals surface area (Å²) in [5.41, 5.74) is 2.81. The third-order valence-corrected chi connectivity index (χ3v) is 5.53. The van der Waals surface area contributed by atoms with Crippen LogP contribution in [0.25, 0.3) is 11.0 Å². The van der Waals surface area contributed by atoms with Gasteiger partial charge in [0.1, 0.15) is 5.76 Å². The fourth-order valence-corrected chi connectivity index (χ4v) is 4.23. The van der Waals surface area contributed by atoms with Crippen molar-refractivity contribution in [2.45, 2.75) is 39.0 Å². The predicted octanol–water partition coefficient (Wildman–Crippen LogP) is 2.55. The molecule has 136 valence electrons. The van der Waals surface area contributed by atoms with Gasteiger partial charge in [0, 0.05) is 38.4 Å². The van der Waals surface area contributed by atoms with Crippen LogP contribution in [0.15, 0.2) is 34.3 Å². The van der Waals surface area contributed by atoms with Crippen molar-refractivity contribution in [3.63, 3.8) is 0 Å². The molecule has 2 aliphatic rings. The summed E-state index contributed by atoms with van der Waals surface area (Å²) >= 11 is 0. The van der Waals surface area contributed by atoms with Gasteiger partial charge in [-0.2, -0.15) is 0 Å². The summed E-state index contributed by atoms with van der Waals surface area (Å²) in [6.07, 6.45) is 1.19. The number of carbonyl (C=O) groups is 2. The molecule has 0 spiro atoms. The number of nitrogens with zero attached hydrogens (tertiary/aromatic N) is 2. The topological polar surface area (TPSA) is 70.3 Å². The fraction of sp³-hybridized carbons (Fsp3) is 0.450. The number of Topliss-reactive ketones (excluding diaryl/α,β-unsaturated/α-hetero) is 1. The molecular weight excluding hydrogens is 332 g/mol. The molecule has 0 bridgehead atoms. The number of esters is 1. The molecule has 1 aliphatic heterocycles. The van der Waals surface area contributed by atoms with Crippen molar-refractivity contribution < 1.29 is 14.3 Å². The Morgan fingerprint density at radius 1 is 1.04 bits per heavy atom. The van der Waals surface area contributed by atoms with Crippen LogP contribution in [-0.4, -0.2) is 20.9 Å². The standard InChI is InChI=1S/C20H22N2O4/c1-20(2)9-15(23)18-12(8-17(24)26-16(18)10-20)11-5-6-13-14(7-11)22(4)19(25)21(13)3/h5-7,12H,8-10H2,1-4H3. The first-order chi connectivity index (χ1) is 12.2. The van der Waals surface area contributed by atoms with Gasteiger partial charge in [0.25, 0.3) is 0 Å². The Morgan fingerprint density at radius 2 is 1.73 bits per heavy atom. The maximum Gasteiger partial charge on any atom is 0.328 e. The first-order valence-corrected chi connectivity index (χ1v) is 8.80. The Hall–Kier alpha value is -2.63. The molecule has 0 saturated carbocycles. The summed E-state index contributed by atoms with van der Waals surface area (Å²) in [4.78, 5) is 37.2. The van der Waals surface area contributed by atoms with E-state index in [1.54, 1.807) is 23.2 Å². The Balaban J connectivity index is 1.88. The third-order valence-electron chi connectivity index (χ3n) is 5.53. The van der Waals surface area contributed by atoms with Crippen LogP contribution in [0.5, 0.6) is 0 Å². The van der Waals surface area contributed by atoms with Crippen LogP contribution >= 0.6 is 0 Å². The van der Waals surface area contributed by atoms with Crippen molar-refractivity contribution in [2.75, 3.05) is 0 Å². The molecule has 6 nitrogen and oxygen atoms in total. The number of imidazole rings is 1. The molecule has 1 atom stereocenters. The van der Waals surface area contributed by atoms with E-state index in [4.69, 9.17) is 4.74 Å². The molecule has 6 heteroatoms. The number of hydrogen-bond acceptors (Lipinski definition) is 4. The van der Waals surface area contributed by atoms with Crippen LogP contribution in [-0.2, 0) is 28.4 Å². The van der Waals surface area contributed by atoms with Gasteiger partial charge in [-0.1, -0.05) is 19.9 Å². The molecule has 1 aromatic carbocycles. The summed E-state index contributed by atoms with van der Waals surface area (Å²) in [5.74, 6) is -0.0406. The molecule has 0 radical (unpaired) electrons. The summed E-state index contributed by atoms with van der Waals surface area (Å²) in [5, 5.41) is 0. The Labute approximate surface area is 151 Å². The van der Waals surface area contributed by atoms with Crippen molar-refractivity contribution in [2.24, 2.45) is 19.5 Å². The second-order valence-electron chi connectivity index (χ2n) is 8.16. The minimum absolute atomic E-state index is 0.0517. The highest BCUT2D eigenvalue weighted by Gasteiger charge is 2.42. The van der Waals surface area contributed by atoms with Crippen LogP contribution in [0.3, 0.4) is 0 Å². The van der Waals surface area contributed by atoms with E-state index in [0.29, 0.717) is 24.2 Å². The first kappa shape index (κ1) is 16.8. The normalized spacial score (nSPS) is 22.5. The second-order valence-corrected chi connectivity index (χ2v) is 8.16. The van der Waals surface area contributed by atoms with Gasteiger partial charge < -0.3 is 4.74 Å². The number of benzene rings is 1. The van der Waals surface area contributed by atoms with E-state index < -0.39 is 0 Å². The number of fused-ring (bicyclic) bond motifs is 1. The highest BCUT2D eigenvalue weighted by Crippen LogP contribution is 2.46. The van der Waals surface area contributed by atoms with E-state index in [9.17, 15) is 14.4 Å². The molecule has 1 unspecified atom stereocenters. The number of aromatic nitrogens is 2. The van der Waals surface area contributed by atoms with Crippen molar-refractivity contribution in [3.8, 4) is 0 Å². The minimum Gasteiger partial charge on any atom is -0.431 e. The zero-order chi connectivity index (χ0) is 18.8. The molecule has 2 heterocycles. The summed E-state index contributed by atoms with van der Waals surface area (Å²) < 4.78 is 8.62. The largest absolute Gasteiger partial charge is 0.431 e. The lowest BCUT2D eigenvalue weighted by Crippen LogP contribution is -2.33.